The molecule has 2 N–H and O–H groups in total. The van der Waals surface area contributed by atoms with Crippen LogP contribution in [-0.2, 0) is 6.42 Å². The van der Waals surface area contributed by atoms with Crippen molar-refractivity contribution in [1.82, 2.24) is 0 Å². The topological polar surface area (TPSA) is 32.3 Å². The van der Waals surface area contributed by atoms with Gasteiger partial charge in [0.15, 0.2) is 0 Å². The van der Waals surface area contributed by atoms with E-state index in [1.165, 1.54) is 24.1 Å². The smallest absolute Gasteiger partial charge is 0.0772 e. The van der Waals surface area contributed by atoms with Gasteiger partial charge in [-0.15, -0.1) is 0 Å². The van der Waals surface area contributed by atoms with Crippen LogP contribution in [0, 0.1) is 5.92 Å². The highest BCUT2D eigenvalue weighted by Crippen LogP contribution is 2.37. The van der Waals surface area contributed by atoms with Crippen molar-refractivity contribution >= 4 is 5.69 Å². The summed E-state index contributed by atoms with van der Waals surface area (Å²) in [6.45, 7) is 0. The first-order valence-electron chi connectivity index (χ1n) is 5.37. The van der Waals surface area contributed by atoms with E-state index in [9.17, 15) is 5.11 Å². The minimum atomic E-state index is -0.151. The van der Waals surface area contributed by atoms with Crippen molar-refractivity contribution in [3.05, 3.63) is 29.8 Å². The summed E-state index contributed by atoms with van der Waals surface area (Å²) in [6.07, 6.45) is 3.24. The summed E-state index contributed by atoms with van der Waals surface area (Å²) in [5.41, 5.74) is 2.55. The van der Waals surface area contributed by atoms with Crippen LogP contribution in [0.4, 0.5) is 5.69 Å². The molecule has 0 radical (unpaired) electrons. The van der Waals surface area contributed by atoms with Gasteiger partial charge >= 0.3 is 0 Å². The van der Waals surface area contributed by atoms with E-state index in [2.05, 4.69) is 23.5 Å². The summed E-state index contributed by atoms with van der Waals surface area (Å²) in [7, 11) is 0. The number of nitrogens with one attached hydrogen (secondary N) is 1. The summed E-state index contributed by atoms with van der Waals surface area (Å²) in [5.74, 6) is 0.557. The lowest BCUT2D eigenvalue weighted by atomic mass is 10.0. The molecule has 2 atom stereocenters. The Balaban J connectivity index is 1.77. The number of hydrogen-bond acceptors (Lipinski definition) is 2. The van der Waals surface area contributed by atoms with E-state index in [0.717, 1.165) is 6.42 Å². The Hall–Kier alpha value is -1.02. The third-order valence-corrected chi connectivity index (χ3v) is 3.32. The molecule has 2 unspecified atom stereocenters. The molecule has 1 aliphatic carbocycles. The van der Waals surface area contributed by atoms with Crippen LogP contribution in [-0.4, -0.2) is 17.3 Å². The lowest BCUT2D eigenvalue weighted by Gasteiger charge is -2.18. The maximum atomic E-state index is 10.00. The fraction of sp³-hybridized carbons (Fsp3) is 0.500. The number of benzene rings is 1. The first-order valence-corrected chi connectivity index (χ1v) is 5.37. The number of para-hydroxylation sites is 1. The highest BCUT2D eigenvalue weighted by Gasteiger charge is 2.37. The SMILES string of the molecule is OC(C1CC1)C1Cc2ccccc2N1. The monoisotopic (exact) mass is 189 g/mol. The number of hydrogen-bond donors (Lipinski definition) is 2. The van der Waals surface area contributed by atoms with Gasteiger partial charge in [-0.2, -0.15) is 0 Å². The van der Waals surface area contributed by atoms with E-state index < -0.39 is 0 Å². The Morgan fingerprint density at radius 1 is 1.29 bits per heavy atom. The number of anilines is 1. The zero-order valence-electron chi connectivity index (χ0n) is 8.11. The van der Waals surface area contributed by atoms with E-state index >= 15 is 0 Å². The molecule has 1 saturated carbocycles. The molecule has 14 heavy (non-hydrogen) atoms. The van der Waals surface area contributed by atoms with Gasteiger partial charge in [-0.1, -0.05) is 18.2 Å². The third-order valence-electron chi connectivity index (χ3n) is 3.32. The first-order chi connectivity index (χ1) is 6.84. The van der Waals surface area contributed by atoms with Crippen molar-refractivity contribution in [3.8, 4) is 0 Å². The molecule has 0 bridgehead atoms. The second-order valence-electron chi connectivity index (χ2n) is 4.44. The standard InChI is InChI=1S/C12H15NO/c14-12(8-5-6-8)11-7-9-3-1-2-4-10(9)13-11/h1-4,8,11-14H,5-7H2. The number of aliphatic hydroxyl groups is 1. The molecular weight excluding hydrogens is 174 g/mol. The molecule has 0 saturated heterocycles. The summed E-state index contributed by atoms with van der Waals surface area (Å²) >= 11 is 0. The van der Waals surface area contributed by atoms with Gasteiger partial charge in [-0.05, 0) is 36.8 Å². The van der Waals surface area contributed by atoms with Crippen LogP contribution in [0.5, 0.6) is 0 Å². The van der Waals surface area contributed by atoms with Crippen LogP contribution < -0.4 is 5.32 Å². The van der Waals surface area contributed by atoms with E-state index in [1.807, 2.05) is 6.07 Å². The first kappa shape index (κ1) is 8.30. The lowest BCUT2D eigenvalue weighted by molar-refractivity contribution is 0.131. The Morgan fingerprint density at radius 2 is 2.07 bits per heavy atom. The second-order valence-corrected chi connectivity index (χ2v) is 4.44. The van der Waals surface area contributed by atoms with Gasteiger partial charge in [0.1, 0.15) is 0 Å². The summed E-state index contributed by atoms with van der Waals surface area (Å²) in [4.78, 5) is 0. The van der Waals surface area contributed by atoms with E-state index in [4.69, 9.17) is 0 Å². The average Bonchev–Trinajstić information content (AvgIpc) is 2.95. The molecule has 2 heteroatoms. The summed E-state index contributed by atoms with van der Waals surface area (Å²) < 4.78 is 0. The lowest BCUT2D eigenvalue weighted by Crippen LogP contribution is -2.33. The number of rotatable bonds is 2. The van der Waals surface area contributed by atoms with Gasteiger partial charge in [-0.3, -0.25) is 0 Å². The molecule has 2 aliphatic rings. The zero-order valence-corrected chi connectivity index (χ0v) is 8.11. The van der Waals surface area contributed by atoms with Gasteiger partial charge in [0, 0.05) is 5.69 Å². The fourth-order valence-corrected chi connectivity index (χ4v) is 2.30. The van der Waals surface area contributed by atoms with Crippen molar-refractivity contribution in [3.63, 3.8) is 0 Å². The Labute approximate surface area is 84.0 Å². The predicted octanol–water partition coefficient (Wildman–Crippen LogP) is 1.79. The van der Waals surface area contributed by atoms with Gasteiger partial charge in [0.2, 0.25) is 0 Å². The molecule has 1 aliphatic heterocycles. The Kier molecular flexibility index (Phi) is 1.77. The normalized spacial score (nSPS) is 26.8. The molecule has 0 aromatic heterocycles. The highest BCUT2D eigenvalue weighted by atomic mass is 16.3. The number of aliphatic hydroxyl groups excluding tert-OH is 1. The fourth-order valence-electron chi connectivity index (χ4n) is 2.30. The molecule has 74 valence electrons. The molecule has 2 nitrogen and oxygen atoms in total. The maximum absolute atomic E-state index is 10.00. The Bertz CT molecular complexity index is 321. The van der Waals surface area contributed by atoms with Gasteiger partial charge in [0.25, 0.3) is 0 Å². The van der Waals surface area contributed by atoms with E-state index in [0.29, 0.717) is 5.92 Å². The van der Waals surface area contributed by atoms with Crippen molar-refractivity contribution < 1.29 is 5.11 Å². The molecule has 1 aromatic rings. The third kappa shape index (κ3) is 1.30. The van der Waals surface area contributed by atoms with Crippen LogP contribution >= 0.6 is 0 Å². The molecule has 0 amide bonds. The van der Waals surface area contributed by atoms with Gasteiger partial charge in [0.05, 0.1) is 12.1 Å². The van der Waals surface area contributed by atoms with Crippen LogP contribution in [0.25, 0.3) is 0 Å². The average molecular weight is 189 g/mol. The van der Waals surface area contributed by atoms with Gasteiger partial charge in [-0.25, -0.2) is 0 Å². The zero-order chi connectivity index (χ0) is 9.54. The minimum absolute atomic E-state index is 0.151. The Morgan fingerprint density at radius 3 is 2.79 bits per heavy atom. The highest BCUT2D eigenvalue weighted by molar-refractivity contribution is 5.56. The largest absolute Gasteiger partial charge is 0.391 e. The molecule has 1 aromatic carbocycles. The van der Waals surface area contributed by atoms with Crippen molar-refractivity contribution in [1.29, 1.82) is 0 Å². The van der Waals surface area contributed by atoms with E-state index in [-0.39, 0.29) is 12.1 Å². The molecule has 1 heterocycles. The molecule has 0 spiro atoms. The molecular formula is C12H15NO. The van der Waals surface area contributed by atoms with Crippen molar-refractivity contribution in [2.24, 2.45) is 5.92 Å². The van der Waals surface area contributed by atoms with Crippen molar-refractivity contribution in [2.45, 2.75) is 31.4 Å². The molecule has 1 fully saturated rings. The van der Waals surface area contributed by atoms with Crippen LogP contribution in [0.1, 0.15) is 18.4 Å². The quantitative estimate of drug-likeness (QED) is 0.743. The van der Waals surface area contributed by atoms with Crippen molar-refractivity contribution in [2.75, 3.05) is 5.32 Å². The maximum Gasteiger partial charge on any atom is 0.0772 e. The van der Waals surface area contributed by atoms with Crippen LogP contribution in [0.2, 0.25) is 0 Å². The van der Waals surface area contributed by atoms with E-state index in [1.54, 1.807) is 0 Å². The minimum Gasteiger partial charge on any atom is -0.391 e. The predicted molar refractivity (Wildman–Crippen MR) is 56.3 cm³/mol. The molecule has 3 rings (SSSR count). The summed E-state index contributed by atoms with van der Waals surface area (Å²) in [5, 5.41) is 13.4. The van der Waals surface area contributed by atoms with Crippen LogP contribution in [0.3, 0.4) is 0 Å². The van der Waals surface area contributed by atoms with Crippen LogP contribution in [0.15, 0.2) is 24.3 Å². The second kappa shape index (κ2) is 2.99. The van der Waals surface area contributed by atoms with Gasteiger partial charge < -0.3 is 10.4 Å². The summed E-state index contributed by atoms with van der Waals surface area (Å²) in [6, 6.07) is 8.58. The number of fused-ring (bicyclic) bond motifs is 1.